The third-order valence-electron chi connectivity index (χ3n) is 4.93. The Morgan fingerprint density at radius 1 is 0.938 bits per heavy atom. The van der Waals surface area contributed by atoms with Crippen LogP contribution in [0.2, 0.25) is 5.02 Å². The fraction of sp³-hybridized carbons (Fsp3) is 0.0370. The maximum Gasteiger partial charge on any atom is 0.266 e. The maximum atomic E-state index is 12.4. The summed E-state index contributed by atoms with van der Waals surface area (Å²) in [5.41, 5.74) is 2.41. The number of nitrogens with one attached hydrogen (secondary N) is 1. The highest BCUT2D eigenvalue weighted by atomic mass is 35.5. The lowest BCUT2D eigenvalue weighted by atomic mass is 10.1. The molecule has 0 saturated carbocycles. The summed E-state index contributed by atoms with van der Waals surface area (Å²) in [6, 6.07) is 30.3. The van der Waals surface area contributed by atoms with Crippen LogP contribution in [-0.2, 0) is 11.4 Å². The lowest BCUT2D eigenvalue weighted by Crippen LogP contribution is -2.13. The van der Waals surface area contributed by atoms with Crippen molar-refractivity contribution >= 4 is 40.0 Å². The lowest BCUT2D eigenvalue weighted by Gasteiger charge is -2.09. The van der Waals surface area contributed by atoms with Crippen LogP contribution in [0.1, 0.15) is 11.1 Å². The van der Waals surface area contributed by atoms with Gasteiger partial charge in [0.15, 0.2) is 0 Å². The van der Waals surface area contributed by atoms with E-state index < -0.39 is 5.91 Å². The van der Waals surface area contributed by atoms with Crippen LogP contribution in [0.3, 0.4) is 0 Å². The second kappa shape index (κ2) is 9.82. The number of anilines is 1. The van der Waals surface area contributed by atoms with Gasteiger partial charge in [0.05, 0.1) is 0 Å². The first kappa shape index (κ1) is 21.2. The molecule has 0 bridgehead atoms. The molecule has 0 fully saturated rings. The van der Waals surface area contributed by atoms with Crippen molar-refractivity contribution in [3.05, 3.63) is 113 Å². The third kappa shape index (κ3) is 5.15. The molecule has 0 aliphatic rings. The molecule has 0 saturated heterocycles. The van der Waals surface area contributed by atoms with E-state index in [0.717, 1.165) is 11.1 Å². The number of rotatable bonds is 6. The largest absolute Gasteiger partial charge is 0.489 e. The Hall–Kier alpha value is -4.07. The molecule has 32 heavy (non-hydrogen) atoms. The van der Waals surface area contributed by atoms with Gasteiger partial charge < -0.3 is 10.1 Å². The van der Waals surface area contributed by atoms with Crippen LogP contribution in [0.5, 0.6) is 5.75 Å². The number of hydrogen-bond acceptors (Lipinski definition) is 3. The SMILES string of the molecule is N#CC(=Cc1ccc(OCc2cccc3ccccc23)cc1)C(=O)Nc1ccc(Cl)cc1. The molecule has 1 N–H and O–H groups in total. The van der Waals surface area contributed by atoms with E-state index in [1.54, 1.807) is 30.3 Å². The van der Waals surface area contributed by atoms with Crippen LogP contribution >= 0.6 is 11.6 Å². The summed E-state index contributed by atoms with van der Waals surface area (Å²) in [5, 5.41) is 15.0. The Bertz CT molecular complexity index is 1320. The van der Waals surface area contributed by atoms with Crippen LogP contribution in [-0.4, -0.2) is 5.91 Å². The summed E-state index contributed by atoms with van der Waals surface area (Å²) in [6.07, 6.45) is 1.54. The first-order valence-corrected chi connectivity index (χ1v) is 10.4. The van der Waals surface area contributed by atoms with E-state index in [9.17, 15) is 10.1 Å². The van der Waals surface area contributed by atoms with Crippen molar-refractivity contribution in [3.63, 3.8) is 0 Å². The van der Waals surface area contributed by atoms with E-state index in [1.165, 1.54) is 10.8 Å². The molecule has 0 aliphatic heterocycles. The van der Waals surface area contributed by atoms with E-state index >= 15 is 0 Å². The first-order chi connectivity index (χ1) is 15.6. The van der Waals surface area contributed by atoms with Gasteiger partial charge in [-0.05, 0) is 64.4 Å². The van der Waals surface area contributed by atoms with Crippen LogP contribution < -0.4 is 10.1 Å². The molecule has 4 aromatic rings. The minimum Gasteiger partial charge on any atom is -0.489 e. The average Bonchev–Trinajstić information content (AvgIpc) is 2.83. The van der Waals surface area contributed by atoms with Gasteiger partial charge in [-0.1, -0.05) is 66.2 Å². The normalized spacial score (nSPS) is 11.1. The van der Waals surface area contributed by atoms with Gasteiger partial charge in [0.1, 0.15) is 24.0 Å². The Labute approximate surface area is 191 Å². The van der Waals surface area contributed by atoms with E-state index in [1.807, 2.05) is 48.5 Å². The predicted octanol–water partition coefficient (Wildman–Crippen LogP) is 6.62. The molecular weight excluding hydrogens is 420 g/mol. The molecular formula is C27H19ClN2O2. The molecule has 4 aromatic carbocycles. The molecule has 0 spiro atoms. The smallest absolute Gasteiger partial charge is 0.266 e. The van der Waals surface area contributed by atoms with Crippen molar-refractivity contribution in [2.45, 2.75) is 6.61 Å². The Kier molecular flexibility index (Phi) is 6.50. The zero-order valence-corrected chi connectivity index (χ0v) is 17.8. The predicted molar refractivity (Wildman–Crippen MR) is 128 cm³/mol. The lowest BCUT2D eigenvalue weighted by molar-refractivity contribution is -0.112. The van der Waals surface area contributed by atoms with Crippen LogP contribution in [0.4, 0.5) is 5.69 Å². The molecule has 4 nitrogen and oxygen atoms in total. The van der Waals surface area contributed by atoms with Gasteiger partial charge in [0.2, 0.25) is 0 Å². The molecule has 0 radical (unpaired) electrons. The summed E-state index contributed by atoms with van der Waals surface area (Å²) < 4.78 is 5.95. The van der Waals surface area contributed by atoms with Gasteiger partial charge in [-0.25, -0.2) is 0 Å². The van der Waals surface area contributed by atoms with Crippen molar-refractivity contribution in [1.29, 1.82) is 5.26 Å². The number of carbonyl (C=O) groups is 1. The highest BCUT2D eigenvalue weighted by Crippen LogP contribution is 2.22. The van der Waals surface area contributed by atoms with Crippen molar-refractivity contribution in [3.8, 4) is 11.8 Å². The average molecular weight is 439 g/mol. The number of ether oxygens (including phenoxy) is 1. The fourth-order valence-electron chi connectivity index (χ4n) is 3.29. The van der Waals surface area contributed by atoms with Gasteiger partial charge >= 0.3 is 0 Å². The van der Waals surface area contributed by atoms with Gasteiger partial charge in [-0.15, -0.1) is 0 Å². The van der Waals surface area contributed by atoms with Crippen molar-refractivity contribution in [1.82, 2.24) is 0 Å². The number of fused-ring (bicyclic) bond motifs is 1. The molecule has 0 aliphatic carbocycles. The van der Waals surface area contributed by atoms with Crippen LogP contribution in [0.25, 0.3) is 16.8 Å². The third-order valence-corrected chi connectivity index (χ3v) is 5.18. The zero-order chi connectivity index (χ0) is 22.3. The molecule has 4 rings (SSSR count). The van der Waals surface area contributed by atoms with E-state index in [4.69, 9.17) is 16.3 Å². The number of hydrogen-bond donors (Lipinski definition) is 1. The number of benzene rings is 4. The molecule has 156 valence electrons. The summed E-state index contributed by atoms with van der Waals surface area (Å²) >= 11 is 5.85. The molecule has 0 aromatic heterocycles. The van der Waals surface area contributed by atoms with E-state index in [-0.39, 0.29) is 5.57 Å². The number of nitrogens with zero attached hydrogens (tertiary/aromatic N) is 1. The number of carbonyl (C=O) groups excluding carboxylic acids is 1. The quantitative estimate of drug-likeness (QED) is 0.272. The molecule has 0 unspecified atom stereocenters. The van der Waals surface area contributed by atoms with Crippen molar-refractivity contribution in [2.75, 3.05) is 5.32 Å². The second-order valence-electron chi connectivity index (χ2n) is 7.13. The summed E-state index contributed by atoms with van der Waals surface area (Å²) in [4.78, 5) is 12.4. The van der Waals surface area contributed by atoms with E-state index in [2.05, 4.69) is 29.6 Å². The monoisotopic (exact) mass is 438 g/mol. The van der Waals surface area contributed by atoms with Crippen LogP contribution in [0, 0.1) is 11.3 Å². The van der Waals surface area contributed by atoms with Crippen molar-refractivity contribution in [2.24, 2.45) is 0 Å². The zero-order valence-electron chi connectivity index (χ0n) is 17.1. The number of nitriles is 1. The van der Waals surface area contributed by atoms with Gasteiger partial charge in [-0.3, -0.25) is 4.79 Å². The van der Waals surface area contributed by atoms with Crippen molar-refractivity contribution < 1.29 is 9.53 Å². The van der Waals surface area contributed by atoms with E-state index in [0.29, 0.717) is 23.1 Å². The molecule has 1 amide bonds. The standard InChI is InChI=1S/C27H19ClN2O2/c28-23-10-12-24(13-11-23)30-27(31)22(17-29)16-19-8-14-25(15-9-19)32-18-21-6-3-5-20-4-1-2-7-26(20)21/h1-16H,18H2,(H,30,31). The highest BCUT2D eigenvalue weighted by Gasteiger charge is 2.10. The summed E-state index contributed by atoms with van der Waals surface area (Å²) in [7, 11) is 0. The minimum atomic E-state index is -0.480. The maximum absolute atomic E-state index is 12.4. The highest BCUT2D eigenvalue weighted by molar-refractivity contribution is 6.30. The van der Waals surface area contributed by atoms with Gasteiger partial charge in [0.25, 0.3) is 5.91 Å². The Morgan fingerprint density at radius 3 is 2.41 bits per heavy atom. The topological polar surface area (TPSA) is 62.1 Å². The number of amides is 1. The summed E-state index contributed by atoms with van der Waals surface area (Å²) in [5.74, 6) is 0.227. The van der Waals surface area contributed by atoms with Crippen LogP contribution in [0.15, 0.2) is 96.6 Å². The fourth-order valence-corrected chi connectivity index (χ4v) is 3.41. The molecule has 0 atom stereocenters. The first-order valence-electron chi connectivity index (χ1n) is 10.0. The minimum absolute atomic E-state index is 0.00405. The molecule has 5 heteroatoms. The second-order valence-corrected chi connectivity index (χ2v) is 7.56. The Balaban J connectivity index is 1.43. The Morgan fingerprint density at radius 2 is 1.66 bits per heavy atom. The molecule has 0 heterocycles. The van der Waals surface area contributed by atoms with Gasteiger partial charge in [-0.2, -0.15) is 5.26 Å². The number of halogens is 1. The summed E-state index contributed by atoms with van der Waals surface area (Å²) in [6.45, 7) is 0.448. The van der Waals surface area contributed by atoms with Gasteiger partial charge in [0, 0.05) is 10.7 Å².